The lowest BCUT2D eigenvalue weighted by Crippen LogP contribution is -2.41. The van der Waals surface area contributed by atoms with Gasteiger partial charge in [0.1, 0.15) is 11.5 Å². The van der Waals surface area contributed by atoms with Gasteiger partial charge in [-0.05, 0) is 43.2 Å². The number of pyridine rings is 1. The number of imidazole rings is 2. The standard InChI is InChI=1S/C25H25FN6O2/c1-2-9-31-21-7-6-16(25(33)32-13-18-12-17(32)15-34-18)11-20(21)29-23(31)14-30-10-8-27-24(30)19-4-3-5-22(26)28-19/h3-8,10-11,17-18H,2,9,12-15H2,1H3. The fourth-order valence-corrected chi connectivity index (χ4v) is 5.08. The van der Waals surface area contributed by atoms with Crippen LogP contribution in [0.3, 0.4) is 0 Å². The Hall–Kier alpha value is -3.59. The van der Waals surface area contributed by atoms with E-state index < -0.39 is 5.95 Å². The van der Waals surface area contributed by atoms with Gasteiger partial charge in [0.2, 0.25) is 5.95 Å². The molecule has 0 saturated carbocycles. The van der Waals surface area contributed by atoms with Crippen molar-refractivity contribution >= 4 is 16.9 Å². The molecule has 34 heavy (non-hydrogen) atoms. The third kappa shape index (κ3) is 3.56. The molecule has 2 aliphatic heterocycles. The van der Waals surface area contributed by atoms with Crippen molar-refractivity contribution in [3.05, 3.63) is 66.1 Å². The number of benzene rings is 1. The molecule has 9 heteroatoms. The predicted molar refractivity (Wildman–Crippen MR) is 124 cm³/mol. The molecule has 3 aromatic heterocycles. The number of amides is 1. The SMILES string of the molecule is CCCn1c(Cn2ccnc2-c2cccc(F)n2)nc2cc(C(=O)N3CC4CC3CO4)ccc21. The Balaban J connectivity index is 1.34. The molecule has 1 amide bonds. The van der Waals surface area contributed by atoms with Crippen molar-refractivity contribution in [2.45, 2.75) is 45.0 Å². The van der Waals surface area contributed by atoms with Gasteiger partial charge in [-0.2, -0.15) is 4.39 Å². The van der Waals surface area contributed by atoms with Crippen LogP contribution in [0.1, 0.15) is 35.9 Å². The zero-order valence-electron chi connectivity index (χ0n) is 18.9. The molecule has 5 heterocycles. The van der Waals surface area contributed by atoms with Gasteiger partial charge in [0.25, 0.3) is 5.91 Å². The Bertz CT molecular complexity index is 1380. The van der Waals surface area contributed by atoms with Crippen LogP contribution in [-0.4, -0.2) is 60.2 Å². The van der Waals surface area contributed by atoms with Crippen molar-refractivity contribution in [2.24, 2.45) is 0 Å². The first kappa shape index (κ1) is 21.0. The van der Waals surface area contributed by atoms with Gasteiger partial charge in [0.05, 0.1) is 36.3 Å². The second-order valence-electron chi connectivity index (χ2n) is 8.91. The molecule has 174 valence electrons. The summed E-state index contributed by atoms with van der Waals surface area (Å²) in [4.78, 5) is 28.4. The van der Waals surface area contributed by atoms with Crippen LogP contribution in [0.25, 0.3) is 22.6 Å². The summed E-state index contributed by atoms with van der Waals surface area (Å²) in [7, 11) is 0. The van der Waals surface area contributed by atoms with Crippen LogP contribution in [0.15, 0.2) is 48.8 Å². The number of halogens is 1. The fourth-order valence-electron chi connectivity index (χ4n) is 5.08. The van der Waals surface area contributed by atoms with Crippen LogP contribution in [-0.2, 0) is 17.8 Å². The van der Waals surface area contributed by atoms with E-state index in [1.165, 1.54) is 6.07 Å². The molecule has 1 aromatic carbocycles. The van der Waals surface area contributed by atoms with E-state index in [1.807, 2.05) is 33.9 Å². The fraction of sp³-hybridized carbons (Fsp3) is 0.360. The van der Waals surface area contributed by atoms with E-state index in [2.05, 4.69) is 21.5 Å². The second-order valence-corrected chi connectivity index (χ2v) is 8.91. The van der Waals surface area contributed by atoms with Crippen molar-refractivity contribution in [3.63, 3.8) is 0 Å². The minimum Gasteiger partial charge on any atom is -0.374 e. The van der Waals surface area contributed by atoms with Gasteiger partial charge in [0.15, 0.2) is 5.82 Å². The van der Waals surface area contributed by atoms with Gasteiger partial charge in [-0.25, -0.2) is 15.0 Å². The van der Waals surface area contributed by atoms with Crippen LogP contribution in [0.5, 0.6) is 0 Å². The van der Waals surface area contributed by atoms with E-state index in [4.69, 9.17) is 9.72 Å². The molecular formula is C25H25FN6O2. The smallest absolute Gasteiger partial charge is 0.254 e. The van der Waals surface area contributed by atoms with Crippen molar-refractivity contribution < 1.29 is 13.9 Å². The Labute approximate surface area is 196 Å². The molecule has 2 unspecified atom stereocenters. The number of hydrogen-bond acceptors (Lipinski definition) is 5. The number of likely N-dealkylation sites (tertiary alicyclic amines) is 1. The van der Waals surface area contributed by atoms with Gasteiger partial charge >= 0.3 is 0 Å². The summed E-state index contributed by atoms with van der Waals surface area (Å²) in [6.07, 6.45) is 5.57. The molecule has 2 atom stereocenters. The molecule has 8 nitrogen and oxygen atoms in total. The van der Waals surface area contributed by atoms with E-state index in [1.54, 1.807) is 18.3 Å². The first-order valence-corrected chi connectivity index (χ1v) is 11.7. The highest BCUT2D eigenvalue weighted by Crippen LogP contribution is 2.30. The molecule has 2 saturated heterocycles. The number of fused-ring (bicyclic) bond motifs is 3. The molecule has 2 bridgehead atoms. The largest absolute Gasteiger partial charge is 0.374 e. The zero-order chi connectivity index (χ0) is 23.2. The minimum absolute atomic E-state index is 0.0402. The highest BCUT2D eigenvalue weighted by atomic mass is 19.1. The molecule has 0 radical (unpaired) electrons. The lowest BCUT2D eigenvalue weighted by Gasteiger charge is -2.26. The third-order valence-corrected chi connectivity index (χ3v) is 6.65. The quantitative estimate of drug-likeness (QED) is 0.412. The normalized spacial score (nSPS) is 19.4. The second kappa shape index (κ2) is 8.32. The number of ether oxygens (including phenoxy) is 1. The number of carbonyl (C=O) groups excluding carboxylic acids is 1. The number of hydrogen-bond donors (Lipinski definition) is 0. The van der Waals surface area contributed by atoms with Crippen LogP contribution < -0.4 is 0 Å². The monoisotopic (exact) mass is 460 g/mol. The molecule has 4 aromatic rings. The minimum atomic E-state index is -0.541. The summed E-state index contributed by atoms with van der Waals surface area (Å²) in [5.74, 6) is 0.932. The lowest BCUT2D eigenvalue weighted by atomic mass is 10.1. The predicted octanol–water partition coefficient (Wildman–Crippen LogP) is 3.51. The van der Waals surface area contributed by atoms with Gasteiger partial charge in [-0.3, -0.25) is 4.79 Å². The molecule has 2 fully saturated rings. The Morgan fingerprint density at radius 1 is 1.24 bits per heavy atom. The first-order chi connectivity index (χ1) is 16.6. The molecular weight excluding hydrogens is 435 g/mol. The Kier molecular flexibility index (Phi) is 5.13. The highest BCUT2D eigenvalue weighted by molar-refractivity contribution is 5.98. The summed E-state index contributed by atoms with van der Waals surface area (Å²) in [6.45, 7) is 4.67. The summed E-state index contributed by atoms with van der Waals surface area (Å²) in [6, 6.07) is 10.6. The van der Waals surface area contributed by atoms with Crippen LogP contribution in [0.2, 0.25) is 0 Å². The maximum atomic E-state index is 13.7. The third-order valence-electron chi connectivity index (χ3n) is 6.65. The van der Waals surface area contributed by atoms with Crippen molar-refractivity contribution in [1.29, 1.82) is 0 Å². The number of morpholine rings is 1. The Morgan fingerprint density at radius 2 is 2.15 bits per heavy atom. The number of carbonyl (C=O) groups is 1. The maximum Gasteiger partial charge on any atom is 0.254 e. The van der Waals surface area contributed by atoms with E-state index in [-0.39, 0.29) is 18.1 Å². The number of nitrogens with zero attached hydrogens (tertiary/aromatic N) is 6. The van der Waals surface area contributed by atoms with E-state index in [0.717, 1.165) is 36.2 Å². The average molecular weight is 461 g/mol. The van der Waals surface area contributed by atoms with Crippen molar-refractivity contribution in [3.8, 4) is 11.5 Å². The van der Waals surface area contributed by atoms with Crippen LogP contribution in [0.4, 0.5) is 4.39 Å². The van der Waals surface area contributed by atoms with Gasteiger partial charge < -0.3 is 18.8 Å². The average Bonchev–Trinajstić information content (AvgIpc) is 3.63. The lowest BCUT2D eigenvalue weighted by molar-refractivity contribution is 0.0259. The van der Waals surface area contributed by atoms with Gasteiger partial charge in [-0.1, -0.05) is 13.0 Å². The number of rotatable bonds is 6. The maximum absolute atomic E-state index is 13.7. The summed E-state index contributed by atoms with van der Waals surface area (Å²) < 4.78 is 23.4. The van der Waals surface area contributed by atoms with Gasteiger partial charge in [-0.15, -0.1) is 0 Å². The molecule has 6 rings (SSSR count). The summed E-state index contributed by atoms with van der Waals surface area (Å²) >= 11 is 0. The number of aryl methyl sites for hydroxylation is 1. The first-order valence-electron chi connectivity index (χ1n) is 11.7. The van der Waals surface area contributed by atoms with Gasteiger partial charge in [0, 0.05) is 31.0 Å². The molecule has 2 aliphatic rings. The van der Waals surface area contributed by atoms with Crippen LogP contribution >= 0.6 is 0 Å². The highest BCUT2D eigenvalue weighted by Gasteiger charge is 2.41. The molecule has 0 aliphatic carbocycles. The van der Waals surface area contributed by atoms with E-state index in [9.17, 15) is 9.18 Å². The zero-order valence-corrected chi connectivity index (χ0v) is 18.9. The molecule has 0 N–H and O–H groups in total. The Morgan fingerprint density at radius 3 is 2.91 bits per heavy atom. The summed E-state index contributed by atoms with van der Waals surface area (Å²) in [5.41, 5.74) is 2.91. The van der Waals surface area contributed by atoms with E-state index in [0.29, 0.717) is 36.8 Å². The van der Waals surface area contributed by atoms with E-state index >= 15 is 0 Å². The van der Waals surface area contributed by atoms with Crippen molar-refractivity contribution in [1.82, 2.24) is 29.0 Å². The van der Waals surface area contributed by atoms with Crippen LogP contribution in [0, 0.1) is 5.95 Å². The van der Waals surface area contributed by atoms with Crippen molar-refractivity contribution in [2.75, 3.05) is 13.2 Å². The summed E-state index contributed by atoms with van der Waals surface area (Å²) in [5, 5.41) is 0. The molecule has 0 spiro atoms. The topological polar surface area (TPSA) is 78.1 Å². The number of aromatic nitrogens is 5.